The van der Waals surface area contributed by atoms with Gasteiger partial charge in [0.1, 0.15) is 0 Å². The molecule has 2 amide bonds. The number of primary amides is 1. The Hall–Kier alpha value is -1.36. The zero-order valence-electron chi connectivity index (χ0n) is 9.77. The molecule has 0 aromatic rings. The molecule has 0 aromatic heterocycles. The molecule has 92 valence electrons. The van der Waals surface area contributed by atoms with Crippen LogP contribution in [-0.2, 0) is 9.59 Å². The standard InChI is InChI=1S/C11H20N2O3/c1-4-5-8(11(15)13-16)9(10(12)14)6-7(2)3/h4,7-9,16H,1,5-6H2,2-3H3,(H2,12,14)(H,13,15)/t8-,9+/m0/s1. The Labute approximate surface area is 95.7 Å². The smallest absolute Gasteiger partial charge is 0.247 e. The second kappa shape index (κ2) is 7.00. The normalized spacial score (nSPS) is 14.2. The van der Waals surface area contributed by atoms with Crippen LogP contribution in [0.2, 0.25) is 0 Å². The summed E-state index contributed by atoms with van der Waals surface area (Å²) in [5.41, 5.74) is 6.84. The minimum Gasteiger partial charge on any atom is -0.369 e. The number of hydrogen-bond donors (Lipinski definition) is 3. The second-order valence-electron chi connectivity index (χ2n) is 4.25. The predicted octanol–water partition coefficient (Wildman–Crippen LogP) is 0.832. The third kappa shape index (κ3) is 4.44. The van der Waals surface area contributed by atoms with Crippen LogP contribution >= 0.6 is 0 Å². The van der Waals surface area contributed by atoms with E-state index in [0.717, 1.165) is 0 Å². The van der Waals surface area contributed by atoms with E-state index >= 15 is 0 Å². The molecule has 0 saturated heterocycles. The van der Waals surface area contributed by atoms with Crippen molar-refractivity contribution in [2.24, 2.45) is 23.5 Å². The molecule has 16 heavy (non-hydrogen) atoms. The molecule has 0 aliphatic carbocycles. The minimum atomic E-state index is -0.651. The van der Waals surface area contributed by atoms with Gasteiger partial charge in [-0.05, 0) is 18.8 Å². The first-order valence-corrected chi connectivity index (χ1v) is 5.28. The third-order valence-electron chi connectivity index (χ3n) is 2.44. The van der Waals surface area contributed by atoms with Crippen LogP contribution in [0, 0.1) is 17.8 Å². The van der Waals surface area contributed by atoms with Crippen LogP contribution in [0.5, 0.6) is 0 Å². The van der Waals surface area contributed by atoms with Crippen LogP contribution in [-0.4, -0.2) is 17.0 Å². The van der Waals surface area contributed by atoms with Crippen molar-refractivity contribution in [3.63, 3.8) is 0 Å². The summed E-state index contributed by atoms with van der Waals surface area (Å²) >= 11 is 0. The van der Waals surface area contributed by atoms with Gasteiger partial charge >= 0.3 is 0 Å². The lowest BCUT2D eigenvalue weighted by Crippen LogP contribution is -2.39. The molecular weight excluding hydrogens is 208 g/mol. The average molecular weight is 228 g/mol. The largest absolute Gasteiger partial charge is 0.369 e. The Morgan fingerprint density at radius 2 is 2.00 bits per heavy atom. The van der Waals surface area contributed by atoms with E-state index < -0.39 is 23.7 Å². The lowest BCUT2D eigenvalue weighted by molar-refractivity contribution is -0.139. The Kier molecular flexibility index (Phi) is 6.41. The number of carbonyl (C=O) groups is 2. The SMILES string of the molecule is C=CC[C@H](C(=O)NO)[C@@H](CC(C)C)C(N)=O. The number of amides is 2. The zero-order valence-corrected chi connectivity index (χ0v) is 9.77. The van der Waals surface area contributed by atoms with Gasteiger partial charge in [-0.2, -0.15) is 0 Å². The molecule has 2 atom stereocenters. The first-order valence-electron chi connectivity index (χ1n) is 5.28. The molecule has 0 aliphatic rings. The van der Waals surface area contributed by atoms with Crippen molar-refractivity contribution in [1.29, 1.82) is 0 Å². The molecule has 0 rings (SSSR count). The summed E-state index contributed by atoms with van der Waals surface area (Å²) in [6, 6.07) is 0. The lowest BCUT2D eigenvalue weighted by Gasteiger charge is -2.23. The summed E-state index contributed by atoms with van der Waals surface area (Å²) in [5.74, 6) is -2.10. The molecule has 0 bridgehead atoms. The summed E-state index contributed by atoms with van der Waals surface area (Å²) in [6.45, 7) is 7.41. The predicted molar refractivity (Wildman–Crippen MR) is 60.4 cm³/mol. The molecular formula is C11H20N2O3. The molecule has 5 nitrogen and oxygen atoms in total. The number of allylic oxidation sites excluding steroid dienone is 1. The fourth-order valence-corrected chi connectivity index (χ4v) is 1.70. The highest BCUT2D eigenvalue weighted by Crippen LogP contribution is 2.23. The van der Waals surface area contributed by atoms with Crippen molar-refractivity contribution in [2.75, 3.05) is 0 Å². The molecule has 0 aromatic carbocycles. The summed E-state index contributed by atoms with van der Waals surface area (Å²) < 4.78 is 0. The summed E-state index contributed by atoms with van der Waals surface area (Å²) in [4.78, 5) is 22.7. The van der Waals surface area contributed by atoms with E-state index in [1.54, 1.807) is 5.48 Å². The maximum Gasteiger partial charge on any atom is 0.247 e. The van der Waals surface area contributed by atoms with Gasteiger partial charge < -0.3 is 5.73 Å². The third-order valence-corrected chi connectivity index (χ3v) is 2.44. The first-order chi connectivity index (χ1) is 7.43. The van der Waals surface area contributed by atoms with E-state index in [1.807, 2.05) is 13.8 Å². The maximum absolute atomic E-state index is 11.4. The average Bonchev–Trinajstić information content (AvgIpc) is 2.21. The van der Waals surface area contributed by atoms with Crippen molar-refractivity contribution < 1.29 is 14.8 Å². The molecule has 0 aliphatic heterocycles. The van der Waals surface area contributed by atoms with Crippen molar-refractivity contribution in [2.45, 2.75) is 26.7 Å². The number of carbonyl (C=O) groups excluding carboxylic acids is 2. The van der Waals surface area contributed by atoms with E-state index in [9.17, 15) is 9.59 Å². The molecule has 0 radical (unpaired) electrons. The first kappa shape index (κ1) is 14.6. The maximum atomic E-state index is 11.4. The minimum absolute atomic E-state index is 0.247. The highest BCUT2D eigenvalue weighted by molar-refractivity contribution is 5.86. The van der Waals surface area contributed by atoms with Crippen molar-refractivity contribution >= 4 is 11.8 Å². The van der Waals surface area contributed by atoms with E-state index in [4.69, 9.17) is 10.9 Å². The summed E-state index contributed by atoms with van der Waals surface area (Å²) in [6.07, 6.45) is 2.37. The Morgan fingerprint density at radius 3 is 2.31 bits per heavy atom. The lowest BCUT2D eigenvalue weighted by atomic mass is 9.82. The monoisotopic (exact) mass is 228 g/mol. The van der Waals surface area contributed by atoms with E-state index in [0.29, 0.717) is 12.8 Å². The summed E-state index contributed by atoms with van der Waals surface area (Å²) in [5, 5.41) is 8.61. The fraction of sp³-hybridized carbons (Fsp3) is 0.636. The number of hydroxylamine groups is 1. The van der Waals surface area contributed by atoms with Gasteiger partial charge in [0, 0.05) is 5.92 Å². The van der Waals surface area contributed by atoms with Crippen LogP contribution in [0.1, 0.15) is 26.7 Å². The van der Waals surface area contributed by atoms with Crippen LogP contribution < -0.4 is 11.2 Å². The van der Waals surface area contributed by atoms with Crippen molar-refractivity contribution in [3.8, 4) is 0 Å². The molecule has 0 spiro atoms. The highest BCUT2D eigenvalue weighted by atomic mass is 16.5. The van der Waals surface area contributed by atoms with E-state index in [1.165, 1.54) is 6.08 Å². The number of nitrogens with two attached hydrogens (primary N) is 1. The topological polar surface area (TPSA) is 92.4 Å². The Balaban J connectivity index is 4.85. The van der Waals surface area contributed by atoms with Gasteiger partial charge in [0.15, 0.2) is 0 Å². The number of hydrogen-bond acceptors (Lipinski definition) is 3. The van der Waals surface area contributed by atoms with E-state index in [2.05, 4.69) is 6.58 Å². The van der Waals surface area contributed by atoms with Gasteiger partial charge in [0.25, 0.3) is 0 Å². The van der Waals surface area contributed by atoms with Gasteiger partial charge in [-0.3, -0.25) is 14.8 Å². The Bertz CT molecular complexity index is 264. The van der Waals surface area contributed by atoms with Crippen LogP contribution in [0.15, 0.2) is 12.7 Å². The zero-order chi connectivity index (χ0) is 12.7. The second-order valence-corrected chi connectivity index (χ2v) is 4.25. The van der Waals surface area contributed by atoms with Gasteiger partial charge in [-0.25, -0.2) is 5.48 Å². The molecule has 4 N–H and O–H groups in total. The number of nitrogens with one attached hydrogen (secondary N) is 1. The number of rotatable bonds is 7. The van der Waals surface area contributed by atoms with E-state index in [-0.39, 0.29) is 5.92 Å². The molecule has 0 saturated carbocycles. The van der Waals surface area contributed by atoms with Gasteiger partial charge in [-0.15, -0.1) is 6.58 Å². The van der Waals surface area contributed by atoms with Crippen molar-refractivity contribution in [3.05, 3.63) is 12.7 Å². The molecule has 0 fully saturated rings. The summed E-state index contributed by atoms with van der Waals surface area (Å²) in [7, 11) is 0. The molecule has 0 unspecified atom stereocenters. The van der Waals surface area contributed by atoms with Crippen molar-refractivity contribution in [1.82, 2.24) is 5.48 Å². The Morgan fingerprint density at radius 1 is 1.44 bits per heavy atom. The van der Waals surface area contributed by atoms with Gasteiger partial charge in [0.2, 0.25) is 11.8 Å². The van der Waals surface area contributed by atoms with Crippen LogP contribution in [0.3, 0.4) is 0 Å². The fourth-order valence-electron chi connectivity index (χ4n) is 1.70. The van der Waals surface area contributed by atoms with Gasteiger partial charge in [-0.1, -0.05) is 19.9 Å². The van der Waals surface area contributed by atoms with Crippen LogP contribution in [0.4, 0.5) is 0 Å². The van der Waals surface area contributed by atoms with Gasteiger partial charge in [0.05, 0.1) is 5.92 Å². The molecule has 0 heterocycles. The highest BCUT2D eigenvalue weighted by Gasteiger charge is 2.31. The quantitative estimate of drug-likeness (QED) is 0.342. The molecule has 5 heteroatoms. The van der Waals surface area contributed by atoms with Crippen LogP contribution in [0.25, 0.3) is 0 Å².